The van der Waals surface area contributed by atoms with Crippen LogP contribution in [0.1, 0.15) is 18.2 Å². The number of aromatic nitrogens is 1. The minimum Gasteiger partial charge on any atom is -0.465 e. The van der Waals surface area contributed by atoms with Gasteiger partial charge in [-0.1, -0.05) is 42.2 Å². The molecule has 2 amide bonds. The molecule has 1 atom stereocenters. The number of fused-ring (bicyclic) bond motifs is 1. The summed E-state index contributed by atoms with van der Waals surface area (Å²) in [6.07, 6.45) is 5.83. The van der Waals surface area contributed by atoms with Crippen LogP contribution in [0.4, 0.5) is 0 Å². The van der Waals surface area contributed by atoms with Crippen LogP contribution in [0.5, 0.6) is 0 Å². The van der Waals surface area contributed by atoms with E-state index in [0.29, 0.717) is 28.0 Å². The predicted octanol–water partition coefficient (Wildman–Crippen LogP) is 3.71. The number of hydrogen-bond donors (Lipinski definition) is 2. The Kier molecular flexibility index (Phi) is 5.55. The molecule has 8 heteroatoms. The predicted molar refractivity (Wildman–Crippen MR) is 118 cm³/mol. The van der Waals surface area contributed by atoms with Gasteiger partial charge in [0.25, 0.3) is 5.91 Å². The van der Waals surface area contributed by atoms with Crippen LogP contribution >= 0.6 is 24.0 Å². The maximum absolute atomic E-state index is 12.7. The highest BCUT2D eigenvalue weighted by molar-refractivity contribution is 8.26. The number of amides is 2. The normalized spacial score (nSPS) is 16.7. The molecule has 1 fully saturated rings. The first-order chi connectivity index (χ1) is 14.0. The van der Waals surface area contributed by atoms with Crippen molar-refractivity contribution >= 4 is 57.1 Å². The summed E-state index contributed by atoms with van der Waals surface area (Å²) in [6, 6.07) is 10.9. The van der Waals surface area contributed by atoms with Gasteiger partial charge in [0, 0.05) is 29.7 Å². The molecule has 1 aromatic carbocycles. The van der Waals surface area contributed by atoms with Crippen molar-refractivity contribution in [1.29, 1.82) is 0 Å². The number of furan rings is 1. The molecular formula is C21H19N3O3S2. The van der Waals surface area contributed by atoms with Crippen LogP contribution in [0.2, 0.25) is 0 Å². The van der Waals surface area contributed by atoms with Crippen LogP contribution in [0.3, 0.4) is 0 Å². The minimum absolute atomic E-state index is 0.236. The third kappa shape index (κ3) is 3.99. The number of thioether (sulfide) groups is 1. The van der Waals surface area contributed by atoms with Gasteiger partial charge in [0.2, 0.25) is 5.91 Å². The third-order valence-corrected chi connectivity index (χ3v) is 6.11. The number of carbonyl (C=O) groups is 2. The number of benzene rings is 1. The van der Waals surface area contributed by atoms with E-state index in [0.717, 1.165) is 16.5 Å². The molecular weight excluding hydrogens is 406 g/mol. The molecule has 4 rings (SSSR count). The van der Waals surface area contributed by atoms with E-state index in [2.05, 4.69) is 16.4 Å². The van der Waals surface area contributed by atoms with Gasteiger partial charge in [-0.2, -0.15) is 0 Å². The third-order valence-electron chi connectivity index (χ3n) is 4.78. The fourth-order valence-corrected chi connectivity index (χ4v) is 4.64. The number of para-hydroxylation sites is 1. The highest BCUT2D eigenvalue weighted by Gasteiger charge is 2.38. The number of hydrogen-bond acceptors (Lipinski definition) is 5. The molecule has 0 saturated carbocycles. The zero-order chi connectivity index (χ0) is 20.4. The molecule has 1 unspecified atom stereocenters. The molecule has 2 N–H and O–H groups in total. The lowest BCUT2D eigenvalue weighted by atomic mass is 10.1. The SMILES string of the molecule is CC(C(=O)NCCc1c[nH]c2ccccc12)N1C(=O)/C(=C\c2ccco2)SC1=S. The molecule has 0 spiro atoms. The smallest absolute Gasteiger partial charge is 0.267 e. The van der Waals surface area contributed by atoms with Gasteiger partial charge >= 0.3 is 0 Å². The summed E-state index contributed by atoms with van der Waals surface area (Å²) in [5.74, 6) is 0.0532. The average Bonchev–Trinajstić information content (AvgIpc) is 3.43. The van der Waals surface area contributed by atoms with Crippen LogP contribution in [0.25, 0.3) is 17.0 Å². The van der Waals surface area contributed by atoms with Crippen molar-refractivity contribution in [1.82, 2.24) is 15.2 Å². The van der Waals surface area contributed by atoms with E-state index in [-0.39, 0.29) is 11.8 Å². The van der Waals surface area contributed by atoms with Gasteiger partial charge in [-0.25, -0.2) is 0 Å². The highest BCUT2D eigenvalue weighted by Crippen LogP contribution is 2.34. The second kappa shape index (κ2) is 8.26. The van der Waals surface area contributed by atoms with Crippen molar-refractivity contribution in [2.75, 3.05) is 6.54 Å². The summed E-state index contributed by atoms with van der Waals surface area (Å²) in [4.78, 5) is 30.4. The lowest BCUT2D eigenvalue weighted by Crippen LogP contribution is -2.47. The molecule has 0 radical (unpaired) electrons. The molecule has 1 aliphatic heterocycles. The Morgan fingerprint density at radius 3 is 2.97 bits per heavy atom. The number of aromatic amines is 1. The highest BCUT2D eigenvalue weighted by atomic mass is 32.2. The first-order valence-corrected chi connectivity index (χ1v) is 10.4. The molecule has 0 bridgehead atoms. The lowest BCUT2D eigenvalue weighted by molar-refractivity contribution is -0.132. The van der Waals surface area contributed by atoms with Crippen LogP contribution < -0.4 is 5.32 Å². The largest absolute Gasteiger partial charge is 0.465 e. The second-order valence-electron chi connectivity index (χ2n) is 6.64. The van der Waals surface area contributed by atoms with Gasteiger partial charge in [-0.05, 0) is 37.1 Å². The van der Waals surface area contributed by atoms with Gasteiger partial charge in [0.15, 0.2) is 0 Å². The topological polar surface area (TPSA) is 78.3 Å². The zero-order valence-corrected chi connectivity index (χ0v) is 17.3. The van der Waals surface area contributed by atoms with E-state index in [1.807, 2.05) is 24.4 Å². The summed E-state index contributed by atoms with van der Waals surface area (Å²) >= 11 is 6.50. The number of rotatable bonds is 6. The van der Waals surface area contributed by atoms with Crippen molar-refractivity contribution in [2.24, 2.45) is 0 Å². The van der Waals surface area contributed by atoms with Crippen LogP contribution in [-0.2, 0) is 16.0 Å². The summed E-state index contributed by atoms with van der Waals surface area (Å²) in [7, 11) is 0. The van der Waals surface area contributed by atoms with E-state index < -0.39 is 6.04 Å². The fourth-order valence-electron chi connectivity index (χ4n) is 3.24. The first kappa shape index (κ1) is 19.5. The Balaban J connectivity index is 1.37. The quantitative estimate of drug-likeness (QED) is 0.465. The van der Waals surface area contributed by atoms with Gasteiger partial charge in [-0.15, -0.1) is 0 Å². The molecule has 1 saturated heterocycles. The van der Waals surface area contributed by atoms with E-state index in [4.69, 9.17) is 16.6 Å². The number of carbonyl (C=O) groups excluding carboxylic acids is 2. The molecule has 29 heavy (non-hydrogen) atoms. The molecule has 2 aromatic heterocycles. The van der Waals surface area contributed by atoms with E-state index in [1.165, 1.54) is 22.9 Å². The lowest BCUT2D eigenvalue weighted by Gasteiger charge is -2.22. The number of nitrogens with zero attached hydrogens (tertiary/aromatic N) is 1. The maximum atomic E-state index is 12.7. The number of H-pyrrole nitrogens is 1. The zero-order valence-electron chi connectivity index (χ0n) is 15.7. The minimum atomic E-state index is -0.687. The Labute approximate surface area is 177 Å². The molecule has 0 aliphatic carbocycles. The molecule has 6 nitrogen and oxygen atoms in total. The van der Waals surface area contributed by atoms with Gasteiger partial charge < -0.3 is 14.7 Å². The van der Waals surface area contributed by atoms with Gasteiger partial charge in [0.05, 0.1) is 11.2 Å². The fraction of sp³-hybridized carbons (Fsp3) is 0.190. The summed E-state index contributed by atoms with van der Waals surface area (Å²) in [6.45, 7) is 2.16. The van der Waals surface area contributed by atoms with Gasteiger partial charge in [0.1, 0.15) is 16.1 Å². The average molecular weight is 426 g/mol. The Morgan fingerprint density at radius 1 is 1.34 bits per heavy atom. The van der Waals surface area contributed by atoms with Crippen LogP contribution in [0, 0.1) is 0 Å². The van der Waals surface area contributed by atoms with Crippen LogP contribution in [0.15, 0.2) is 58.2 Å². The van der Waals surface area contributed by atoms with Gasteiger partial charge in [-0.3, -0.25) is 14.5 Å². The Bertz CT molecular complexity index is 1100. The second-order valence-corrected chi connectivity index (χ2v) is 8.32. The standard InChI is InChI=1S/C21H19N3O3S2/c1-13(24-20(26)18(29-21(24)28)11-15-5-4-10-27-15)19(25)22-9-8-14-12-23-17-7-3-2-6-16(14)17/h2-7,10-13,23H,8-9H2,1H3,(H,22,25)/b18-11+. The van der Waals surface area contributed by atoms with Crippen molar-refractivity contribution in [2.45, 2.75) is 19.4 Å². The Morgan fingerprint density at radius 2 is 2.17 bits per heavy atom. The van der Waals surface area contributed by atoms with Crippen molar-refractivity contribution < 1.29 is 14.0 Å². The molecule has 148 valence electrons. The summed E-state index contributed by atoms with van der Waals surface area (Å²) in [5.41, 5.74) is 2.21. The molecule has 1 aliphatic rings. The monoisotopic (exact) mass is 425 g/mol. The van der Waals surface area contributed by atoms with Crippen molar-refractivity contribution in [3.05, 3.63) is 65.1 Å². The first-order valence-electron chi connectivity index (χ1n) is 9.18. The maximum Gasteiger partial charge on any atom is 0.267 e. The summed E-state index contributed by atoms with van der Waals surface area (Å²) in [5, 5.41) is 4.06. The van der Waals surface area contributed by atoms with Crippen LogP contribution in [-0.4, -0.2) is 38.6 Å². The van der Waals surface area contributed by atoms with E-state index >= 15 is 0 Å². The summed E-state index contributed by atoms with van der Waals surface area (Å²) < 4.78 is 5.62. The van der Waals surface area contributed by atoms with Crippen molar-refractivity contribution in [3.63, 3.8) is 0 Å². The van der Waals surface area contributed by atoms with E-state index in [9.17, 15) is 9.59 Å². The Hall–Kier alpha value is -2.84. The number of nitrogens with one attached hydrogen (secondary N) is 2. The van der Waals surface area contributed by atoms with Crippen molar-refractivity contribution in [3.8, 4) is 0 Å². The molecule has 3 aromatic rings. The van der Waals surface area contributed by atoms with E-state index in [1.54, 1.807) is 25.1 Å². The number of thiocarbonyl (C=S) groups is 1. The molecule has 3 heterocycles.